The molecule has 1 aliphatic rings. The smallest absolute Gasteiger partial charge is 0.124 e. The lowest BCUT2D eigenvalue weighted by molar-refractivity contribution is 0.156. The van der Waals surface area contributed by atoms with Gasteiger partial charge in [-0.15, -0.1) is 0 Å². The third kappa shape index (κ3) is 2.78. The van der Waals surface area contributed by atoms with E-state index in [4.69, 9.17) is 0 Å². The largest absolute Gasteiger partial charge is 0.508 e. The van der Waals surface area contributed by atoms with E-state index < -0.39 is 0 Å². The molecule has 0 spiro atoms. The van der Waals surface area contributed by atoms with Gasteiger partial charge in [-0.1, -0.05) is 19.1 Å². The number of nitriles is 1. The number of rotatable bonds is 2. The van der Waals surface area contributed by atoms with Crippen LogP contribution in [0.1, 0.15) is 31.4 Å². The van der Waals surface area contributed by atoms with Crippen LogP contribution in [0.2, 0.25) is 0 Å². The first-order valence-electron chi connectivity index (χ1n) is 6.13. The summed E-state index contributed by atoms with van der Waals surface area (Å²) < 4.78 is 0. The van der Waals surface area contributed by atoms with Crippen molar-refractivity contribution in [3.05, 3.63) is 29.8 Å². The molecule has 2 atom stereocenters. The Morgan fingerprint density at radius 3 is 3.00 bits per heavy atom. The Bertz CT molecular complexity index is 424. The van der Waals surface area contributed by atoms with Crippen molar-refractivity contribution in [2.75, 3.05) is 13.1 Å². The maximum atomic E-state index is 9.48. The van der Waals surface area contributed by atoms with Crippen molar-refractivity contribution < 1.29 is 5.11 Å². The third-order valence-electron chi connectivity index (χ3n) is 3.36. The van der Waals surface area contributed by atoms with Gasteiger partial charge >= 0.3 is 0 Å². The molecule has 1 aliphatic heterocycles. The number of nitrogens with zero attached hydrogens (tertiary/aromatic N) is 2. The molecule has 0 aliphatic carbocycles. The highest BCUT2D eigenvalue weighted by Gasteiger charge is 2.24. The second-order valence-electron chi connectivity index (χ2n) is 4.87. The molecular weight excluding hydrogens is 212 g/mol. The summed E-state index contributed by atoms with van der Waals surface area (Å²) >= 11 is 0. The molecule has 90 valence electrons. The minimum atomic E-state index is -0.232. The highest BCUT2D eigenvalue weighted by molar-refractivity contribution is 5.32. The van der Waals surface area contributed by atoms with Gasteiger partial charge in [-0.3, -0.25) is 4.90 Å². The molecular formula is C14H18N2O. The van der Waals surface area contributed by atoms with E-state index in [-0.39, 0.29) is 11.8 Å². The van der Waals surface area contributed by atoms with Gasteiger partial charge in [0.2, 0.25) is 0 Å². The molecule has 1 aromatic carbocycles. The van der Waals surface area contributed by atoms with Crippen LogP contribution in [0.15, 0.2) is 24.3 Å². The first-order chi connectivity index (χ1) is 8.20. The van der Waals surface area contributed by atoms with Gasteiger partial charge in [0.25, 0.3) is 0 Å². The molecule has 3 heteroatoms. The van der Waals surface area contributed by atoms with Crippen LogP contribution in [0.25, 0.3) is 0 Å². The van der Waals surface area contributed by atoms with Gasteiger partial charge < -0.3 is 5.11 Å². The summed E-state index contributed by atoms with van der Waals surface area (Å²) in [6.45, 7) is 4.16. The van der Waals surface area contributed by atoms with Gasteiger partial charge in [-0.2, -0.15) is 5.26 Å². The summed E-state index contributed by atoms with van der Waals surface area (Å²) in [6, 6.07) is 9.15. The minimum Gasteiger partial charge on any atom is -0.508 e. The molecule has 2 rings (SSSR count). The molecule has 1 N–H and O–H groups in total. The van der Waals surface area contributed by atoms with E-state index in [9.17, 15) is 10.4 Å². The predicted molar refractivity (Wildman–Crippen MR) is 66.4 cm³/mol. The first-order valence-corrected chi connectivity index (χ1v) is 6.13. The Kier molecular flexibility index (Phi) is 3.65. The van der Waals surface area contributed by atoms with Gasteiger partial charge in [0.1, 0.15) is 11.8 Å². The van der Waals surface area contributed by atoms with Crippen molar-refractivity contribution in [2.24, 2.45) is 5.92 Å². The van der Waals surface area contributed by atoms with E-state index in [0.717, 1.165) is 25.1 Å². The molecule has 2 unspecified atom stereocenters. The van der Waals surface area contributed by atoms with E-state index in [1.807, 2.05) is 6.07 Å². The summed E-state index contributed by atoms with van der Waals surface area (Å²) in [4.78, 5) is 2.21. The van der Waals surface area contributed by atoms with Crippen LogP contribution in [0.3, 0.4) is 0 Å². The zero-order chi connectivity index (χ0) is 12.3. The van der Waals surface area contributed by atoms with Gasteiger partial charge in [0.05, 0.1) is 6.07 Å². The molecule has 0 amide bonds. The van der Waals surface area contributed by atoms with Crippen LogP contribution in [0.4, 0.5) is 0 Å². The Hall–Kier alpha value is -1.53. The Labute approximate surface area is 102 Å². The molecule has 0 radical (unpaired) electrons. The summed E-state index contributed by atoms with van der Waals surface area (Å²) in [5, 5.41) is 18.8. The number of aromatic hydroxyl groups is 1. The van der Waals surface area contributed by atoms with Crippen molar-refractivity contribution in [2.45, 2.75) is 25.8 Å². The van der Waals surface area contributed by atoms with Crippen LogP contribution < -0.4 is 0 Å². The average molecular weight is 230 g/mol. The Morgan fingerprint density at radius 1 is 1.53 bits per heavy atom. The van der Waals surface area contributed by atoms with Crippen LogP contribution >= 0.6 is 0 Å². The van der Waals surface area contributed by atoms with Crippen molar-refractivity contribution >= 4 is 0 Å². The number of hydrogen-bond acceptors (Lipinski definition) is 3. The fourth-order valence-electron chi connectivity index (χ4n) is 2.52. The minimum absolute atomic E-state index is 0.229. The van der Waals surface area contributed by atoms with E-state index in [2.05, 4.69) is 17.9 Å². The molecule has 1 saturated heterocycles. The quantitative estimate of drug-likeness (QED) is 0.849. The molecule has 1 fully saturated rings. The average Bonchev–Trinajstić information content (AvgIpc) is 2.30. The van der Waals surface area contributed by atoms with Gasteiger partial charge in [-0.05, 0) is 43.0 Å². The van der Waals surface area contributed by atoms with Gasteiger partial charge in [0.15, 0.2) is 0 Å². The van der Waals surface area contributed by atoms with E-state index >= 15 is 0 Å². The molecule has 17 heavy (non-hydrogen) atoms. The number of likely N-dealkylation sites (tertiary alicyclic amines) is 1. The number of benzene rings is 1. The van der Waals surface area contributed by atoms with Gasteiger partial charge in [0, 0.05) is 6.54 Å². The number of hydrogen-bond donors (Lipinski definition) is 1. The Balaban J connectivity index is 2.19. The monoisotopic (exact) mass is 230 g/mol. The number of piperidine rings is 1. The molecule has 1 aromatic rings. The second-order valence-corrected chi connectivity index (χ2v) is 4.87. The molecule has 1 heterocycles. The van der Waals surface area contributed by atoms with Crippen LogP contribution in [0.5, 0.6) is 5.75 Å². The number of phenolic OH excluding ortho intramolecular Hbond substituents is 1. The van der Waals surface area contributed by atoms with Crippen molar-refractivity contribution in [1.82, 2.24) is 4.90 Å². The maximum Gasteiger partial charge on any atom is 0.124 e. The fraction of sp³-hybridized carbons (Fsp3) is 0.500. The standard InChI is InChI=1S/C14H18N2O/c1-11-4-3-7-16(10-11)14(9-15)12-5-2-6-13(17)8-12/h2,5-6,8,11,14,17H,3-4,7,10H2,1H3. The molecule has 0 bridgehead atoms. The maximum absolute atomic E-state index is 9.48. The zero-order valence-corrected chi connectivity index (χ0v) is 10.1. The van der Waals surface area contributed by atoms with Crippen molar-refractivity contribution in [3.8, 4) is 11.8 Å². The summed E-state index contributed by atoms with van der Waals surface area (Å²) in [5.41, 5.74) is 0.890. The highest BCUT2D eigenvalue weighted by Crippen LogP contribution is 2.27. The topological polar surface area (TPSA) is 47.3 Å². The zero-order valence-electron chi connectivity index (χ0n) is 10.1. The lowest BCUT2D eigenvalue weighted by Gasteiger charge is -2.34. The summed E-state index contributed by atoms with van der Waals surface area (Å²) in [5.74, 6) is 0.879. The van der Waals surface area contributed by atoms with Crippen LogP contribution in [-0.2, 0) is 0 Å². The van der Waals surface area contributed by atoms with Crippen LogP contribution in [-0.4, -0.2) is 23.1 Å². The summed E-state index contributed by atoms with van der Waals surface area (Å²) in [6.07, 6.45) is 2.40. The molecule has 0 saturated carbocycles. The normalized spacial score (nSPS) is 22.9. The van der Waals surface area contributed by atoms with E-state index in [0.29, 0.717) is 5.92 Å². The highest BCUT2D eigenvalue weighted by atomic mass is 16.3. The van der Waals surface area contributed by atoms with Crippen molar-refractivity contribution in [1.29, 1.82) is 5.26 Å². The fourth-order valence-corrected chi connectivity index (χ4v) is 2.52. The Morgan fingerprint density at radius 2 is 2.35 bits per heavy atom. The van der Waals surface area contributed by atoms with E-state index in [1.54, 1.807) is 18.2 Å². The second kappa shape index (κ2) is 5.20. The van der Waals surface area contributed by atoms with Crippen molar-refractivity contribution in [3.63, 3.8) is 0 Å². The number of phenols is 1. The SMILES string of the molecule is CC1CCCN(C(C#N)c2cccc(O)c2)C1. The van der Waals surface area contributed by atoms with Crippen LogP contribution in [0, 0.1) is 17.2 Å². The third-order valence-corrected chi connectivity index (χ3v) is 3.36. The molecule has 3 nitrogen and oxygen atoms in total. The predicted octanol–water partition coefficient (Wildman–Crippen LogP) is 2.69. The summed E-state index contributed by atoms with van der Waals surface area (Å²) in [7, 11) is 0. The van der Waals surface area contributed by atoms with E-state index in [1.165, 1.54) is 6.42 Å². The lowest BCUT2D eigenvalue weighted by Crippen LogP contribution is -2.36. The first kappa shape index (κ1) is 11.9. The molecule has 0 aromatic heterocycles. The van der Waals surface area contributed by atoms with Gasteiger partial charge in [-0.25, -0.2) is 0 Å². The lowest BCUT2D eigenvalue weighted by atomic mass is 9.96.